The van der Waals surface area contributed by atoms with Gasteiger partial charge < -0.3 is 0 Å². The quantitative estimate of drug-likeness (QED) is 0.574. The lowest BCUT2D eigenvalue weighted by atomic mass is 9.85. The summed E-state index contributed by atoms with van der Waals surface area (Å²) in [5.41, 5.74) is 10.4. The highest BCUT2D eigenvalue weighted by atomic mass is 14.3. The van der Waals surface area contributed by atoms with E-state index in [9.17, 15) is 0 Å². The van der Waals surface area contributed by atoms with Crippen molar-refractivity contribution >= 4 is 6.08 Å². The lowest BCUT2D eigenvalue weighted by Gasteiger charge is -2.19. The zero-order valence-corrected chi connectivity index (χ0v) is 15.3. The lowest BCUT2D eigenvalue weighted by molar-refractivity contribution is 0.498. The van der Waals surface area contributed by atoms with Gasteiger partial charge >= 0.3 is 0 Å². The summed E-state index contributed by atoms with van der Waals surface area (Å²) in [6.07, 6.45) is 3.55. The van der Waals surface area contributed by atoms with Crippen LogP contribution in [-0.4, -0.2) is 0 Å². The van der Waals surface area contributed by atoms with Crippen molar-refractivity contribution in [3.63, 3.8) is 0 Å². The smallest absolute Gasteiger partial charge is 0.00523 e. The first-order valence-corrected chi connectivity index (χ1v) is 8.72. The Morgan fingerprint density at radius 3 is 2.26 bits per heavy atom. The molecule has 0 saturated carbocycles. The molecule has 0 aromatic heterocycles. The Hall–Kier alpha value is -1.82. The molecular weight excluding hydrogens is 276 g/mol. The number of fused-ring (bicyclic) bond motifs is 1. The molecule has 0 heteroatoms. The van der Waals surface area contributed by atoms with Crippen LogP contribution in [0.1, 0.15) is 62.8 Å². The fraction of sp³-hybridized carbons (Fsp3) is 0.391. The third kappa shape index (κ3) is 2.87. The average Bonchev–Trinajstić information content (AvgIpc) is 2.91. The highest BCUT2D eigenvalue weighted by Crippen LogP contribution is 2.43. The Bertz CT molecular complexity index is 767. The minimum absolute atomic E-state index is 0.236. The summed E-state index contributed by atoms with van der Waals surface area (Å²) in [5.74, 6) is 0.530. The monoisotopic (exact) mass is 304 g/mol. The van der Waals surface area contributed by atoms with Gasteiger partial charge in [-0.15, -0.1) is 0 Å². The first-order valence-electron chi connectivity index (χ1n) is 8.72. The number of hydrogen-bond acceptors (Lipinski definition) is 0. The molecule has 0 heterocycles. The van der Waals surface area contributed by atoms with Crippen LogP contribution in [0.5, 0.6) is 0 Å². The molecule has 3 rings (SSSR count). The van der Waals surface area contributed by atoms with Gasteiger partial charge in [-0.1, -0.05) is 82.7 Å². The van der Waals surface area contributed by atoms with Crippen molar-refractivity contribution in [2.24, 2.45) is 5.41 Å². The van der Waals surface area contributed by atoms with Gasteiger partial charge in [-0.2, -0.15) is 0 Å². The highest BCUT2D eigenvalue weighted by Gasteiger charge is 2.26. The molecular formula is C23H28. The minimum atomic E-state index is 0.236. The van der Waals surface area contributed by atoms with Gasteiger partial charge in [0, 0.05) is 0 Å². The second kappa shape index (κ2) is 5.67. The minimum Gasteiger partial charge on any atom is -0.0620 e. The van der Waals surface area contributed by atoms with E-state index in [-0.39, 0.29) is 5.41 Å². The van der Waals surface area contributed by atoms with Gasteiger partial charge in [0.05, 0.1) is 0 Å². The molecule has 0 atom stereocenters. The fourth-order valence-corrected chi connectivity index (χ4v) is 3.55. The lowest BCUT2D eigenvalue weighted by Crippen LogP contribution is -2.08. The van der Waals surface area contributed by atoms with Crippen molar-refractivity contribution < 1.29 is 0 Å². The standard InChI is InChI=1S/C23H28/c1-15(2)19-12-11-17-13-18(23(4,5)6)14-21(17)22(19)20-10-8-7-9-16(20)3/h7-12,14-15H,13H2,1-6H3. The zero-order chi connectivity index (χ0) is 16.8. The fourth-order valence-electron chi connectivity index (χ4n) is 3.55. The topological polar surface area (TPSA) is 0 Å². The van der Waals surface area contributed by atoms with Crippen LogP contribution in [0, 0.1) is 12.3 Å². The maximum absolute atomic E-state index is 2.46. The van der Waals surface area contributed by atoms with E-state index in [1.54, 1.807) is 5.57 Å². The second-order valence-electron chi connectivity index (χ2n) is 8.17. The Morgan fingerprint density at radius 2 is 1.65 bits per heavy atom. The molecule has 120 valence electrons. The molecule has 0 amide bonds. The molecule has 23 heavy (non-hydrogen) atoms. The van der Waals surface area contributed by atoms with Crippen molar-refractivity contribution in [2.75, 3.05) is 0 Å². The molecule has 1 aliphatic carbocycles. The molecule has 0 radical (unpaired) electrons. The average molecular weight is 304 g/mol. The Morgan fingerprint density at radius 1 is 0.957 bits per heavy atom. The van der Waals surface area contributed by atoms with Crippen LogP contribution in [0.3, 0.4) is 0 Å². The van der Waals surface area contributed by atoms with Crippen LogP contribution in [-0.2, 0) is 6.42 Å². The molecule has 0 aliphatic heterocycles. The highest BCUT2D eigenvalue weighted by molar-refractivity contribution is 5.85. The molecule has 2 aromatic carbocycles. The normalized spacial score (nSPS) is 14.1. The largest absolute Gasteiger partial charge is 0.0620 e. The number of aryl methyl sites for hydroxylation is 1. The maximum atomic E-state index is 2.46. The third-order valence-corrected chi connectivity index (χ3v) is 5.07. The van der Waals surface area contributed by atoms with Crippen LogP contribution in [0.2, 0.25) is 0 Å². The van der Waals surface area contributed by atoms with E-state index in [0.717, 1.165) is 6.42 Å². The third-order valence-electron chi connectivity index (χ3n) is 5.07. The van der Waals surface area contributed by atoms with E-state index >= 15 is 0 Å². The summed E-state index contributed by atoms with van der Waals surface area (Å²) in [6, 6.07) is 13.5. The number of allylic oxidation sites excluding steroid dienone is 1. The van der Waals surface area contributed by atoms with Gasteiger partial charge in [-0.05, 0) is 58.1 Å². The van der Waals surface area contributed by atoms with Gasteiger partial charge in [-0.3, -0.25) is 0 Å². The van der Waals surface area contributed by atoms with Crippen molar-refractivity contribution in [1.82, 2.24) is 0 Å². The summed E-state index contributed by atoms with van der Waals surface area (Å²) >= 11 is 0. The maximum Gasteiger partial charge on any atom is -0.00523 e. The van der Waals surface area contributed by atoms with Crippen LogP contribution in [0.25, 0.3) is 17.2 Å². The van der Waals surface area contributed by atoms with Crippen LogP contribution < -0.4 is 0 Å². The van der Waals surface area contributed by atoms with Crippen molar-refractivity contribution in [2.45, 2.75) is 53.9 Å². The van der Waals surface area contributed by atoms with E-state index in [1.165, 1.54) is 33.4 Å². The first-order chi connectivity index (χ1) is 10.8. The number of benzene rings is 2. The molecule has 2 aromatic rings. The molecule has 0 N–H and O–H groups in total. The van der Waals surface area contributed by atoms with E-state index in [0.29, 0.717) is 5.92 Å². The summed E-state index contributed by atoms with van der Waals surface area (Å²) in [7, 11) is 0. The van der Waals surface area contributed by atoms with Gasteiger partial charge in [-0.25, -0.2) is 0 Å². The second-order valence-corrected chi connectivity index (χ2v) is 8.17. The zero-order valence-electron chi connectivity index (χ0n) is 15.3. The van der Waals surface area contributed by atoms with E-state index < -0.39 is 0 Å². The van der Waals surface area contributed by atoms with Crippen molar-refractivity contribution in [1.29, 1.82) is 0 Å². The Balaban J connectivity index is 2.28. The molecule has 0 bridgehead atoms. The summed E-state index contributed by atoms with van der Waals surface area (Å²) in [6.45, 7) is 13.8. The van der Waals surface area contributed by atoms with E-state index in [2.05, 4.69) is 84.0 Å². The van der Waals surface area contributed by atoms with Gasteiger partial charge in [0.1, 0.15) is 0 Å². The molecule has 1 aliphatic rings. The van der Waals surface area contributed by atoms with Gasteiger partial charge in [0.2, 0.25) is 0 Å². The molecule has 0 nitrogen and oxygen atoms in total. The molecule has 0 fully saturated rings. The SMILES string of the molecule is Cc1ccccc1-c1c(C(C)C)ccc2c1C=C(C(C)(C)C)C2. The summed E-state index contributed by atoms with van der Waals surface area (Å²) in [4.78, 5) is 0. The van der Waals surface area contributed by atoms with Crippen LogP contribution in [0.15, 0.2) is 42.0 Å². The predicted octanol–water partition coefficient (Wildman–Crippen LogP) is 6.77. The Labute approximate surface area is 141 Å². The molecule has 0 unspecified atom stereocenters. The van der Waals surface area contributed by atoms with Crippen molar-refractivity contribution in [3.8, 4) is 11.1 Å². The Kier molecular flexibility index (Phi) is 3.96. The van der Waals surface area contributed by atoms with Crippen LogP contribution in [0.4, 0.5) is 0 Å². The predicted molar refractivity (Wildman–Crippen MR) is 102 cm³/mol. The van der Waals surface area contributed by atoms with Crippen LogP contribution >= 0.6 is 0 Å². The first kappa shape index (κ1) is 16.1. The van der Waals surface area contributed by atoms with Crippen molar-refractivity contribution in [3.05, 3.63) is 64.2 Å². The van der Waals surface area contributed by atoms with Gasteiger partial charge in [0.25, 0.3) is 0 Å². The molecule has 0 saturated heterocycles. The van der Waals surface area contributed by atoms with Gasteiger partial charge in [0.15, 0.2) is 0 Å². The summed E-state index contributed by atoms with van der Waals surface area (Å²) in [5, 5.41) is 0. The molecule has 0 spiro atoms. The number of rotatable bonds is 2. The summed E-state index contributed by atoms with van der Waals surface area (Å²) < 4.78 is 0. The van der Waals surface area contributed by atoms with E-state index in [4.69, 9.17) is 0 Å². The number of hydrogen-bond donors (Lipinski definition) is 0. The van der Waals surface area contributed by atoms with E-state index in [1.807, 2.05) is 0 Å².